The van der Waals surface area contributed by atoms with Crippen LogP contribution in [0.15, 0.2) is 41.2 Å². The summed E-state index contributed by atoms with van der Waals surface area (Å²) in [5.41, 5.74) is -0.294. The second-order valence-corrected chi connectivity index (χ2v) is 3.68. The van der Waals surface area contributed by atoms with Gasteiger partial charge in [0.2, 0.25) is 0 Å². The molecule has 96 valence electrons. The number of rotatable bonds is 3. The molecule has 0 aliphatic carbocycles. The van der Waals surface area contributed by atoms with Crippen molar-refractivity contribution >= 4 is 5.69 Å². The van der Waals surface area contributed by atoms with E-state index in [0.29, 0.717) is 6.54 Å². The maximum Gasteiger partial charge on any atom is 0.419 e. The van der Waals surface area contributed by atoms with Crippen molar-refractivity contribution in [2.75, 3.05) is 5.32 Å². The third-order valence-corrected chi connectivity index (χ3v) is 2.35. The van der Waals surface area contributed by atoms with Gasteiger partial charge in [-0.1, -0.05) is 0 Å². The minimum atomic E-state index is -4.70. The average Bonchev–Trinajstić information content (AvgIpc) is 2.79. The van der Waals surface area contributed by atoms with Crippen molar-refractivity contribution in [1.82, 2.24) is 0 Å². The zero-order valence-electron chi connectivity index (χ0n) is 9.09. The zero-order chi connectivity index (χ0) is 13.2. The largest absolute Gasteiger partial charge is 0.472 e. The number of nitrogens with one attached hydrogen (secondary N) is 1. The van der Waals surface area contributed by atoms with Gasteiger partial charge in [0.25, 0.3) is 0 Å². The van der Waals surface area contributed by atoms with Crippen LogP contribution in [0, 0.1) is 5.82 Å². The topological polar surface area (TPSA) is 25.2 Å². The first-order valence-corrected chi connectivity index (χ1v) is 5.08. The van der Waals surface area contributed by atoms with E-state index in [1.165, 1.54) is 18.6 Å². The van der Waals surface area contributed by atoms with E-state index in [-0.39, 0.29) is 5.69 Å². The van der Waals surface area contributed by atoms with E-state index in [0.717, 1.165) is 17.7 Å². The highest BCUT2D eigenvalue weighted by atomic mass is 19.4. The Kier molecular flexibility index (Phi) is 3.27. The van der Waals surface area contributed by atoms with Crippen molar-refractivity contribution in [3.8, 4) is 0 Å². The summed E-state index contributed by atoms with van der Waals surface area (Å²) in [6, 6.07) is 4.47. The van der Waals surface area contributed by atoms with E-state index >= 15 is 0 Å². The number of hydrogen-bond donors (Lipinski definition) is 1. The van der Waals surface area contributed by atoms with Crippen molar-refractivity contribution in [2.45, 2.75) is 12.7 Å². The van der Waals surface area contributed by atoms with Crippen LogP contribution < -0.4 is 5.32 Å². The van der Waals surface area contributed by atoms with Crippen LogP contribution in [0.1, 0.15) is 11.1 Å². The second kappa shape index (κ2) is 4.72. The van der Waals surface area contributed by atoms with Crippen LogP contribution in [0.4, 0.5) is 23.2 Å². The Labute approximate surface area is 100 Å². The van der Waals surface area contributed by atoms with Gasteiger partial charge in [-0.25, -0.2) is 4.39 Å². The number of anilines is 1. The molecule has 1 aromatic heterocycles. The summed E-state index contributed by atoms with van der Waals surface area (Å²) in [5.74, 6) is -1.28. The molecule has 1 aromatic carbocycles. The molecule has 0 spiro atoms. The molecular weight excluding hydrogens is 250 g/mol. The molecule has 0 aliphatic rings. The Morgan fingerprint density at radius 3 is 2.56 bits per heavy atom. The summed E-state index contributed by atoms with van der Waals surface area (Å²) in [6.45, 7) is 0.305. The molecule has 2 aromatic rings. The Morgan fingerprint density at radius 1 is 1.17 bits per heavy atom. The van der Waals surface area contributed by atoms with Gasteiger partial charge in [0.15, 0.2) is 0 Å². The second-order valence-electron chi connectivity index (χ2n) is 3.68. The molecule has 6 heteroatoms. The fourth-order valence-corrected chi connectivity index (χ4v) is 1.45. The predicted molar refractivity (Wildman–Crippen MR) is 57.4 cm³/mol. The molecule has 1 N–H and O–H groups in total. The van der Waals surface area contributed by atoms with E-state index in [4.69, 9.17) is 4.42 Å². The summed E-state index contributed by atoms with van der Waals surface area (Å²) in [4.78, 5) is 0. The summed E-state index contributed by atoms with van der Waals surface area (Å²) in [7, 11) is 0. The summed E-state index contributed by atoms with van der Waals surface area (Å²) < 4.78 is 55.2. The quantitative estimate of drug-likeness (QED) is 0.841. The molecule has 0 atom stereocenters. The van der Waals surface area contributed by atoms with Crippen LogP contribution in [-0.2, 0) is 12.7 Å². The molecule has 0 amide bonds. The maximum absolute atomic E-state index is 13.0. The van der Waals surface area contributed by atoms with Crippen molar-refractivity contribution in [2.24, 2.45) is 0 Å². The molecular formula is C12H9F4NO. The molecule has 2 nitrogen and oxygen atoms in total. The van der Waals surface area contributed by atoms with Gasteiger partial charge in [-0.2, -0.15) is 13.2 Å². The van der Waals surface area contributed by atoms with Gasteiger partial charge < -0.3 is 9.73 Å². The molecule has 0 saturated heterocycles. The molecule has 0 fully saturated rings. The standard InChI is InChI=1S/C12H9F4NO/c13-11-2-1-9(5-10(11)12(14,15)16)17-6-8-3-4-18-7-8/h1-5,7,17H,6H2. The summed E-state index contributed by atoms with van der Waals surface area (Å²) >= 11 is 0. The van der Waals surface area contributed by atoms with Crippen LogP contribution in [0.5, 0.6) is 0 Å². The van der Waals surface area contributed by atoms with E-state index in [1.54, 1.807) is 6.07 Å². The number of halogens is 4. The Balaban J connectivity index is 2.15. The molecule has 0 saturated carbocycles. The fourth-order valence-electron chi connectivity index (χ4n) is 1.45. The highest BCUT2D eigenvalue weighted by Gasteiger charge is 2.34. The van der Waals surface area contributed by atoms with Gasteiger partial charge >= 0.3 is 6.18 Å². The summed E-state index contributed by atoms with van der Waals surface area (Å²) in [6.07, 6.45) is -1.76. The Hall–Kier alpha value is -1.98. The lowest BCUT2D eigenvalue weighted by Crippen LogP contribution is -2.09. The van der Waals surface area contributed by atoms with Crippen molar-refractivity contribution in [3.05, 3.63) is 53.7 Å². The molecule has 0 bridgehead atoms. The monoisotopic (exact) mass is 259 g/mol. The lowest BCUT2D eigenvalue weighted by atomic mass is 10.1. The fraction of sp³-hybridized carbons (Fsp3) is 0.167. The van der Waals surface area contributed by atoms with Crippen LogP contribution in [0.3, 0.4) is 0 Å². The third-order valence-electron chi connectivity index (χ3n) is 2.35. The van der Waals surface area contributed by atoms with Gasteiger partial charge in [-0.15, -0.1) is 0 Å². The number of furan rings is 1. The van der Waals surface area contributed by atoms with Gasteiger partial charge in [-0.05, 0) is 24.3 Å². The number of benzene rings is 1. The first-order valence-electron chi connectivity index (χ1n) is 5.08. The third kappa shape index (κ3) is 2.82. The van der Waals surface area contributed by atoms with Crippen molar-refractivity contribution in [1.29, 1.82) is 0 Å². The maximum atomic E-state index is 13.0. The van der Waals surface area contributed by atoms with Crippen LogP contribution >= 0.6 is 0 Å². The number of alkyl halides is 3. The minimum absolute atomic E-state index is 0.199. The molecule has 0 aliphatic heterocycles. The minimum Gasteiger partial charge on any atom is -0.472 e. The first kappa shape index (κ1) is 12.5. The SMILES string of the molecule is Fc1ccc(NCc2ccoc2)cc1C(F)(F)F. The smallest absolute Gasteiger partial charge is 0.419 e. The summed E-state index contributed by atoms with van der Waals surface area (Å²) in [5, 5.41) is 2.76. The van der Waals surface area contributed by atoms with E-state index < -0.39 is 17.6 Å². The Bertz CT molecular complexity index is 519. The highest BCUT2D eigenvalue weighted by molar-refractivity contribution is 5.47. The molecule has 18 heavy (non-hydrogen) atoms. The van der Waals surface area contributed by atoms with Gasteiger partial charge in [0.05, 0.1) is 18.1 Å². The van der Waals surface area contributed by atoms with E-state index in [1.807, 2.05) is 0 Å². The molecule has 1 heterocycles. The Morgan fingerprint density at radius 2 is 1.94 bits per heavy atom. The molecule has 2 rings (SSSR count). The zero-order valence-corrected chi connectivity index (χ0v) is 9.09. The first-order chi connectivity index (χ1) is 8.47. The van der Waals surface area contributed by atoms with Crippen LogP contribution in [0.25, 0.3) is 0 Å². The predicted octanol–water partition coefficient (Wildman–Crippen LogP) is 4.05. The molecule has 0 radical (unpaired) electrons. The van der Waals surface area contributed by atoms with Crippen molar-refractivity contribution < 1.29 is 22.0 Å². The average molecular weight is 259 g/mol. The molecule has 0 unspecified atom stereocenters. The van der Waals surface area contributed by atoms with Gasteiger partial charge in [0.1, 0.15) is 5.82 Å². The lowest BCUT2D eigenvalue weighted by Gasteiger charge is -2.11. The van der Waals surface area contributed by atoms with Crippen LogP contribution in [-0.4, -0.2) is 0 Å². The highest BCUT2D eigenvalue weighted by Crippen LogP contribution is 2.33. The normalized spacial score (nSPS) is 11.6. The van der Waals surface area contributed by atoms with Gasteiger partial charge in [-0.3, -0.25) is 0 Å². The van der Waals surface area contributed by atoms with Gasteiger partial charge in [0, 0.05) is 17.8 Å². The van der Waals surface area contributed by atoms with E-state index in [2.05, 4.69) is 5.32 Å². The van der Waals surface area contributed by atoms with Crippen molar-refractivity contribution in [3.63, 3.8) is 0 Å². The number of hydrogen-bond acceptors (Lipinski definition) is 2. The van der Waals surface area contributed by atoms with Crippen LogP contribution in [0.2, 0.25) is 0 Å². The lowest BCUT2D eigenvalue weighted by molar-refractivity contribution is -0.139. The van der Waals surface area contributed by atoms with E-state index in [9.17, 15) is 17.6 Å².